The number of benzene rings is 6. The first-order valence-corrected chi connectivity index (χ1v) is 26.0. The predicted octanol–water partition coefficient (Wildman–Crippen LogP) is 12.3. The first kappa shape index (κ1) is 34.6. The second kappa shape index (κ2) is 15.7. The Hall–Kier alpha value is -5.66. The van der Waals surface area contributed by atoms with E-state index in [1.54, 1.807) is 12.1 Å². The third-order valence-electron chi connectivity index (χ3n) is 10.1. The van der Waals surface area contributed by atoms with Crippen molar-refractivity contribution in [2.24, 2.45) is 0 Å². The van der Waals surface area contributed by atoms with E-state index >= 15 is 0 Å². The number of pyridine rings is 2. The quantitative estimate of drug-likeness (QED) is 0.127. The fraction of sp³-hybridized carbons (Fsp3) is 0.100. The van der Waals surface area contributed by atoms with Crippen molar-refractivity contribution in [2.45, 2.75) is 31.0 Å². The van der Waals surface area contributed by atoms with E-state index in [1.165, 1.54) is 15.8 Å². The summed E-state index contributed by atoms with van der Waals surface area (Å²) in [4.78, 5) is 14.3. The maximum atomic E-state index is 7.35. The summed E-state index contributed by atoms with van der Waals surface area (Å²) < 4.78 is 32.1. The fourth-order valence-electron chi connectivity index (χ4n) is 7.23. The van der Waals surface area contributed by atoms with Gasteiger partial charge in [0.25, 0.3) is 0 Å². The van der Waals surface area contributed by atoms with Gasteiger partial charge in [0.2, 0.25) is 5.71 Å². The normalized spacial score (nSPS) is 12.5. The maximum absolute atomic E-state index is 7.35. The molecule has 10 aromatic rings. The van der Waals surface area contributed by atoms with Gasteiger partial charge in [0.15, 0.2) is 0 Å². The van der Waals surface area contributed by atoms with Crippen LogP contribution in [-0.2, 0) is 20.1 Å². The van der Waals surface area contributed by atoms with Crippen LogP contribution in [0.3, 0.4) is 0 Å². The molecule has 0 spiro atoms. The molecule has 0 aliphatic heterocycles. The van der Waals surface area contributed by atoms with Crippen LogP contribution in [0.25, 0.3) is 83.3 Å². The van der Waals surface area contributed by atoms with Gasteiger partial charge in [0.1, 0.15) is 0 Å². The van der Waals surface area contributed by atoms with Crippen LogP contribution < -0.4 is 4.40 Å². The first-order chi connectivity index (χ1) is 28.4. The van der Waals surface area contributed by atoms with Crippen molar-refractivity contribution in [3.05, 3.63) is 175 Å². The van der Waals surface area contributed by atoms with Crippen molar-refractivity contribution in [1.29, 1.82) is 0 Å². The number of imidazole rings is 1. The predicted molar refractivity (Wildman–Crippen MR) is 234 cm³/mol. The van der Waals surface area contributed by atoms with Crippen LogP contribution in [0.5, 0.6) is 0 Å². The van der Waals surface area contributed by atoms with Gasteiger partial charge in [-0.05, 0) is 42.1 Å². The smallest absolute Gasteiger partial charge is 0 e. The molecule has 0 bridgehead atoms. The summed E-state index contributed by atoms with van der Waals surface area (Å²) in [5.41, 5.74) is 10.4. The van der Waals surface area contributed by atoms with Gasteiger partial charge < -0.3 is 8.98 Å². The number of aromatic nitrogens is 4. The van der Waals surface area contributed by atoms with Crippen LogP contribution in [0, 0.1) is 25.9 Å². The van der Waals surface area contributed by atoms with E-state index in [-0.39, 0.29) is 20.1 Å². The molecule has 4 heterocycles. The molecule has 0 N–H and O–H groups in total. The Bertz CT molecular complexity index is 3080. The molecule has 0 unspecified atom stereocenters. The first-order valence-electron chi connectivity index (χ1n) is 20.2. The molecule has 281 valence electrons. The van der Waals surface area contributed by atoms with Crippen molar-refractivity contribution in [1.82, 2.24) is 19.5 Å². The SMILES string of the molecule is Cc1ccc2c(n1)oc1c(-c3nc4ccccc4n3-c3c(-c4ccccc4)ccc4ccccc34)[c-]ccc12.[2H]C([2H])([2H])c1c[c-]c(-c2cc[c]([Ge]([CH3])([CH3])[CH3])cn2)cc1.[Ir]. The van der Waals surface area contributed by atoms with Gasteiger partial charge in [-0.2, -0.15) is 0 Å². The Labute approximate surface area is 353 Å². The average Bonchev–Trinajstić information content (AvgIpc) is 3.81. The standard InChI is InChI=1S/C35H22N3O.C15H18GeN.Ir/c1-22-18-20-28-27-14-9-15-29(33(27)39-35(28)36-22)34-37-30-16-7-8-17-31(30)38(34)32-25-13-6-5-12-24(25)19-21-26(32)23-10-3-2-4-11-23;1-12-5-7-13(8-6-12)15-10-9-14(11-17-15)16(2,3)4;/h2-14,16-21H,1H3;5-7,9-11H,1-4H3;/q2*-1;/i;1D3;. The van der Waals surface area contributed by atoms with Crippen molar-refractivity contribution < 1.29 is 28.6 Å². The van der Waals surface area contributed by atoms with Gasteiger partial charge in [0.05, 0.1) is 28.1 Å². The van der Waals surface area contributed by atoms with E-state index in [4.69, 9.17) is 13.5 Å². The molecule has 6 aromatic carbocycles. The van der Waals surface area contributed by atoms with Gasteiger partial charge in [-0.3, -0.25) is 4.98 Å². The largest absolute Gasteiger partial charge is 0 e. The zero-order chi connectivity index (χ0) is 40.9. The van der Waals surface area contributed by atoms with Crippen LogP contribution in [0.4, 0.5) is 0 Å². The minimum Gasteiger partial charge on any atom is 0 e. The van der Waals surface area contributed by atoms with E-state index < -0.39 is 20.1 Å². The molecule has 4 aromatic heterocycles. The van der Waals surface area contributed by atoms with E-state index in [1.807, 2.05) is 43.5 Å². The zero-order valence-corrected chi connectivity index (χ0v) is 36.5. The van der Waals surface area contributed by atoms with Crippen molar-refractivity contribution in [3.8, 4) is 39.5 Å². The number of fused-ring (bicyclic) bond motifs is 5. The molecule has 7 heteroatoms. The summed E-state index contributed by atoms with van der Waals surface area (Å²) in [6.07, 6.45) is 1.95. The van der Waals surface area contributed by atoms with E-state index in [0.29, 0.717) is 11.3 Å². The summed E-state index contributed by atoms with van der Waals surface area (Å²) in [6, 6.07) is 55.4. The Morgan fingerprint density at radius 3 is 2.30 bits per heavy atom. The molecule has 0 amide bonds. The van der Waals surface area contributed by atoms with Crippen LogP contribution in [0.1, 0.15) is 15.4 Å². The Balaban J connectivity index is 0.000000202. The third kappa shape index (κ3) is 7.37. The van der Waals surface area contributed by atoms with Crippen LogP contribution in [0.15, 0.2) is 156 Å². The molecule has 1 radical (unpaired) electrons. The summed E-state index contributed by atoms with van der Waals surface area (Å²) >= 11 is -1.83. The summed E-state index contributed by atoms with van der Waals surface area (Å²) in [5.74, 6) is 7.77. The summed E-state index contributed by atoms with van der Waals surface area (Å²) in [7, 11) is 0. The molecule has 10 rings (SSSR count). The van der Waals surface area contributed by atoms with Gasteiger partial charge in [-0.1, -0.05) is 89.8 Å². The van der Waals surface area contributed by atoms with Crippen LogP contribution >= 0.6 is 0 Å². The fourth-order valence-corrected chi connectivity index (χ4v) is 9.40. The van der Waals surface area contributed by atoms with Crippen molar-refractivity contribution in [3.63, 3.8) is 0 Å². The van der Waals surface area contributed by atoms with Crippen LogP contribution in [-0.4, -0.2) is 32.8 Å². The topological polar surface area (TPSA) is 56.7 Å². The molecule has 5 nitrogen and oxygen atoms in total. The number of nitrogens with zero attached hydrogens (tertiary/aromatic N) is 4. The van der Waals surface area contributed by atoms with Crippen molar-refractivity contribution >= 4 is 61.5 Å². The molecule has 0 saturated carbocycles. The molecule has 57 heavy (non-hydrogen) atoms. The van der Waals surface area contributed by atoms with E-state index in [2.05, 4.69) is 141 Å². The second-order valence-electron chi connectivity index (χ2n) is 15.0. The number of hydrogen-bond acceptors (Lipinski definition) is 4. The Kier molecular flexibility index (Phi) is 9.53. The molecular formula is C50H40GeIrN4O-2. The summed E-state index contributed by atoms with van der Waals surface area (Å²) in [6.45, 7) is -0.100. The van der Waals surface area contributed by atoms with E-state index in [0.717, 1.165) is 77.9 Å². The van der Waals surface area contributed by atoms with E-state index in [9.17, 15) is 0 Å². The van der Waals surface area contributed by atoms with Gasteiger partial charge in [0, 0.05) is 42.1 Å². The molecule has 0 aliphatic rings. The Morgan fingerprint density at radius 1 is 0.719 bits per heavy atom. The van der Waals surface area contributed by atoms with Gasteiger partial charge in [-0.25, -0.2) is 4.98 Å². The number of para-hydroxylation sites is 2. The minimum absolute atomic E-state index is 0. The maximum Gasteiger partial charge on any atom is 0 e. The number of furan rings is 1. The second-order valence-corrected chi connectivity index (χ2v) is 25.6. The molecule has 0 saturated heterocycles. The average molecular weight is 981 g/mol. The Morgan fingerprint density at radius 2 is 1.53 bits per heavy atom. The number of hydrogen-bond donors (Lipinski definition) is 0. The van der Waals surface area contributed by atoms with Crippen LogP contribution in [0.2, 0.25) is 17.3 Å². The number of rotatable bonds is 5. The monoisotopic (exact) mass is 982 g/mol. The summed E-state index contributed by atoms with van der Waals surface area (Å²) in [5, 5.41) is 4.31. The van der Waals surface area contributed by atoms with Gasteiger partial charge in [-0.15, -0.1) is 18.2 Å². The molecule has 0 aliphatic carbocycles. The molecule has 0 fully saturated rings. The third-order valence-corrected chi connectivity index (χ3v) is 14.4. The molecule has 0 atom stereocenters. The minimum atomic E-state index is -2.08. The van der Waals surface area contributed by atoms with Crippen molar-refractivity contribution in [2.75, 3.05) is 0 Å². The number of aryl methyl sites for hydroxylation is 2. The zero-order valence-electron chi connectivity index (χ0n) is 35.0. The molecular weight excluding hydrogens is 937 g/mol. The van der Waals surface area contributed by atoms with Gasteiger partial charge >= 0.3 is 110 Å².